The molecule has 0 unspecified atom stereocenters. The number of hydrogen-bond donors (Lipinski definition) is 2. The number of nitrogens with zero attached hydrogens (tertiary/aromatic N) is 1. The smallest absolute Gasteiger partial charge is 0.271 e. The van der Waals surface area contributed by atoms with Gasteiger partial charge >= 0.3 is 0 Å². The van der Waals surface area contributed by atoms with Crippen molar-refractivity contribution in [3.63, 3.8) is 0 Å². The molecule has 0 radical (unpaired) electrons. The monoisotopic (exact) mass is 331 g/mol. The largest absolute Gasteiger partial charge is 0.399 e. The number of anilines is 1. The summed E-state index contributed by atoms with van der Waals surface area (Å²) in [6, 6.07) is 14.4. The van der Waals surface area contributed by atoms with Crippen LogP contribution in [0.5, 0.6) is 0 Å². The summed E-state index contributed by atoms with van der Waals surface area (Å²) in [7, 11) is 0. The first kappa shape index (κ1) is 14.3. The van der Waals surface area contributed by atoms with Crippen molar-refractivity contribution in [3.05, 3.63) is 64.1 Å². The summed E-state index contributed by atoms with van der Waals surface area (Å²) in [4.78, 5) is 11.9. The van der Waals surface area contributed by atoms with Gasteiger partial charge in [-0.05, 0) is 48.9 Å². The molecule has 2 rings (SSSR count). The Balaban J connectivity index is 2.08. The highest BCUT2D eigenvalue weighted by molar-refractivity contribution is 9.10. The fourth-order valence-corrected chi connectivity index (χ4v) is 1.89. The Labute approximate surface area is 125 Å². The van der Waals surface area contributed by atoms with Crippen LogP contribution in [0, 0.1) is 0 Å². The molecule has 2 aromatic carbocycles. The van der Waals surface area contributed by atoms with Crippen LogP contribution >= 0.6 is 15.9 Å². The molecule has 0 aliphatic rings. The van der Waals surface area contributed by atoms with E-state index in [-0.39, 0.29) is 5.91 Å². The molecule has 0 fully saturated rings. The van der Waals surface area contributed by atoms with Crippen molar-refractivity contribution in [3.8, 4) is 0 Å². The van der Waals surface area contributed by atoms with Gasteiger partial charge in [-0.15, -0.1) is 0 Å². The molecular formula is C15H14BrN3O. The van der Waals surface area contributed by atoms with E-state index in [2.05, 4.69) is 26.5 Å². The van der Waals surface area contributed by atoms with Gasteiger partial charge in [-0.1, -0.05) is 28.1 Å². The molecule has 0 aliphatic heterocycles. The van der Waals surface area contributed by atoms with Gasteiger partial charge in [-0.2, -0.15) is 5.10 Å². The van der Waals surface area contributed by atoms with Crippen LogP contribution in [0.15, 0.2) is 58.1 Å². The van der Waals surface area contributed by atoms with Crippen molar-refractivity contribution in [2.75, 3.05) is 5.73 Å². The van der Waals surface area contributed by atoms with Crippen molar-refractivity contribution in [1.29, 1.82) is 0 Å². The lowest BCUT2D eigenvalue weighted by Crippen LogP contribution is -2.19. The second kappa shape index (κ2) is 6.34. The molecule has 102 valence electrons. The van der Waals surface area contributed by atoms with Crippen molar-refractivity contribution >= 4 is 33.2 Å². The lowest BCUT2D eigenvalue weighted by Gasteiger charge is -2.04. The third-order valence-electron chi connectivity index (χ3n) is 2.74. The minimum Gasteiger partial charge on any atom is -0.399 e. The van der Waals surface area contributed by atoms with E-state index in [0.717, 1.165) is 10.0 Å². The highest BCUT2D eigenvalue weighted by Crippen LogP contribution is 2.11. The van der Waals surface area contributed by atoms with E-state index in [1.807, 2.05) is 37.3 Å². The summed E-state index contributed by atoms with van der Waals surface area (Å²) in [5.41, 5.74) is 11.0. The van der Waals surface area contributed by atoms with E-state index in [1.165, 1.54) is 0 Å². The van der Waals surface area contributed by atoms with Crippen LogP contribution < -0.4 is 11.2 Å². The zero-order valence-electron chi connectivity index (χ0n) is 10.9. The number of carbonyl (C=O) groups is 1. The Morgan fingerprint density at radius 2 is 1.85 bits per heavy atom. The predicted molar refractivity (Wildman–Crippen MR) is 84.7 cm³/mol. The Kier molecular flexibility index (Phi) is 4.53. The summed E-state index contributed by atoms with van der Waals surface area (Å²) in [6.07, 6.45) is 0. The van der Waals surface area contributed by atoms with Gasteiger partial charge < -0.3 is 5.73 Å². The third kappa shape index (κ3) is 3.68. The van der Waals surface area contributed by atoms with Crippen molar-refractivity contribution in [2.45, 2.75) is 6.92 Å². The fourth-order valence-electron chi connectivity index (χ4n) is 1.63. The first-order valence-corrected chi connectivity index (χ1v) is 6.81. The SMILES string of the molecule is CC(=NNC(=O)c1ccc(Br)cc1)c1cccc(N)c1. The van der Waals surface area contributed by atoms with Crippen LogP contribution in [0.2, 0.25) is 0 Å². The molecule has 0 heterocycles. The van der Waals surface area contributed by atoms with Crippen LogP contribution in [0.3, 0.4) is 0 Å². The van der Waals surface area contributed by atoms with Gasteiger partial charge in [-0.3, -0.25) is 4.79 Å². The molecule has 2 aromatic rings. The Hall–Kier alpha value is -2.14. The third-order valence-corrected chi connectivity index (χ3v) is 3.26. The molecule has 3 N–H and O–H groups in total. The zero-order chi connectivity index (χ0) is 14.5. The van der Waals surface area contributed by atoms with E-state index >= 15 is 0 Å². The lowest BCUT2D eigenvalue weighted by molar-refractivity contribution is 0.0955. The molecule has 0 bridgehead atoms. The van der Waals surface area contributed by atoms with Gasteiger partial charge in [0, 0.05) is 15.7 Å². The molecule has 20 heavy (non-hydrogen) atoms. The minimum atomic E-state index is -0.249. The zero-order valence-corrected chi connectivity index (χ0v) is 12.5. The molecule has 5 heteroatoms. The fraction of sp³-hybridized carbons (Fsp3) is 0.0667. The first-order valence-electron chi connectivity index (χ1n) is 6.02. The van der Waals surface area contributed by atoms with Crippen LogP contribution in [-0.2, 0) is 0 Å². The average Bonchev–Trinajstić information content (AvgIpc) is 2.45. The number of hydrazone groups is 1. The van der Waals surface area contributed by atoms with Crippen LogP contribution in [0.1, 0.15) is 22.8 Å². The maximum absolute atomic E-state index is 11.9. The van der Waals surface area contributed by atoms with E-state index < -0.39 is 0 Å². The van der Waals surface area contributed by atoms with Crippen LogP contribution in [0.25, 0.3) is 0 Å². The molecule has 0 atom stereocenters. The summed E-state index contributed by atoms with van der Waals surface area (Å²) >= 11 is 3.32. The minimum absolute atomic E-state index is 0.249. The summed E-state index contributed by atoms with van der Waals surface area (Å²) in [6.45, 7) is 1.82. The average molecular weight is 332 g/mol. The number of halogens is 1. The number of benzene rings is 2. The first-order chi connectivity index (χ1) is 9.56. The van der Waals surface area contributed by atoms with E-state index in [4.69, 9.17) is 5.73 Å². The van der Waals surface area contributed by atoms with Gasteiger partial charge in [0.15, 0.2) is 0 Å². The van der Waals surface area contributed by atoms with Gasteiger partial charge in [0.05, 0.1) is 5.71 Å². The molecule has 4 nitrogen and oxygen atoms in total. The molecule has 1 amide bonds. The highest BCUT2D eigenvalue weighted by Gasteiger charge is 2.04. The number of nitrogen functional groups attached to an aromatic ring is 1. The number of rotatable bonds is 3. The van der Waals surface area contributed by atoms with Gasteiger partial charge in [0.2, 0.25) is 0 Å². The van der Waals surface area contributed by atoms with Crippen LogP contribution in [0.4, 0.5) is 5.69 Å². The highest BCUT2D eigenvalue weighted by atomic mass is 79.9. The van der Waals surface area contributed by atoms with Crippen molar-refractivity contribution in [2.24, 2.45) is 5.10 Å². The van der Waals surface area contributed by atoms with Gasteiger partial charge in [-0.25, -0.2) is 5.43 Å². The molecule has 0 saturated heterocycles. The van der Waals surface area contributed by atoms with E-state index in [0.29, 0.717) is 17.0 Å². The maximum Gasteiger partial charge on any atom is 0.271 e. The summed E-state index contributed by atoms with van der Waals surface area (Å²) in [5.74, 6) is -0.249. The second-order valence-electron chi connectivity index (χ2n) is 4.27. The maximum atomic E-state index is 11.9. The Morgan fingerprint density at radius 3 is 2.50 bits per heavy atom. The molecular weight excluding hydrogens is 318 g/mol. The lowest BCUT2D eigenvalue weighted by atomic mass is 10.1. The molecule has 0 saturated carbocycles. The van der Waals surface area contributed by atoms with Gasteiger partial charge in [0.25, 0.3) is 5.91 Å². The van der Waals surface area contributed by atoms with Gasteiger partial charge in [0.1, 0.15) is 0 Å². The predicted octanol–water partition coefficient (Wildman–Crippen LogP) is 3.19. The Morgan fingerprint density at radius 1 is 1.15 bits per heavy atom. The molecule has 0 aliphatic carbocycles. The molecule has 0 aromatic heterocycles. The summed E-state index contributed by atoms with van der Waals surface area (Å²) in [5, 5.41) is 4.08. The standard InChI is InChI=1S/C15H14BrN3O/c1-10(12-3-2-4-14(17)9-12)18-19-15(20)11-5-7-13(16)8-6-11/h2-9H,17H2,1H3,(H,19,20). The summed E-state index contributed by atoms with van der Waals surface area (Å²) < 4.78 is 0.925. The van der Waals surface area contributed by atoms with Crippen molar-refractivity contribution in [1.82, 2.24) is 5.43 Å². The van der Waals surface area contributed by atoms with E-state index in [1.54, 1.807) is 18.2 Å². The quantitative estimate of drug-likeness (QED) is 0.515. The number of nitrogens with two attached hydrogens (primary N) is 1. The number of amides is 1. The van der Waals surface area contributed by atoms with Crippen molar-refractivity contribution < 1.29 is 4.79 Å². The second-order valence-corrected chi connectivity index (χ2v) is 5.19. The number of hydrogen-bond acceptors (Lipinski definition) is 3. The number of carbonyl (C=O) groups excluding carboxylic acids is 1. The number of nitrogens with one attached hydrogen (secondary N) is 1. The Bertz CT molecular complexity index is 650. The normalized spacial score (nSPS) is 11.2. The van der Waals surface area contributed by atoms with E-state index in [9.17, 15) is 4.79 Å². The topological polar surface area (TPSA) is 67.5 Å². The van der Waals surface area contributed by atoms with Crippen LogP contribution in [-0.4, -0.2) is 11.6 Å². The molecule has 0 spiro atoms.